The summed E-state index contributed by atoms with van der Waals surface area (Å²) in [5, 5.41) is 0. The van der Waals surface area contributed by atoms with E-state index in [2.05, 4.69) is 11.6 Å². The Hall–Kier alpha value is -1.40. The van der Waals surface area contributed by atoms with Gasteiger partial charge in [0.05, 0.1) is 4.90 Å². The monoisotopic (exact) mass is 326 g/mol. The molecule has 5 nitrogen and oxygen atoms in total. The van der Waals surface area contributed by atoms with Gasteiger partial charge in [0.25, 0.3) is 5.91 Å². The smallest absolute Gasteiger partial charge is 0.253 e. The van der Waals surface area contributed by atoms with Gasteiger partial charge in [-0.15, -0.1) is 0 Å². The number of carbonyl (C=O) groups is 1. The lowest BCUT2D eigenvalue weighted by molar-refractivity contribution is 0.0762. The molecule has 1 N–H and O–H groups in total. The maximum absolute atomic E-state index is 12.6. The van der Waals surface area contributed by atoms with E-state index in [0.717, 1.165) is 18.4 Å². The van der Waals surface area contributed by atoms with Crippen LogP contribution >= 0.6 is 0 Å². The first kappa shape index (κ1) is 18.6. The summed E-state index contributed by atoms with van der Waals surface area (Å²) in [6.45, 7) is 8.88. The van der Waals surface area contributed by atoms with E-state index in [0.29, 0.717) is 24.2 Å². The maximum atomic E-state index is 12.6. The normalized spacial score (nSPS) is 11.5. The average molecular weight is 326 g/mol. The van der Waals surface area contributed by atoms with Crippen LogP contribution in [0.5, 0.6) is 0 Å². The topological polar surface area (TPSA) is 66.5 Å². The quantitative estimate of drug-likeness (QED) is 0.837. The Morgan fingerprint density at radius 2 is 1.86 bits per heavy atom. The van der Waals surface area contributed by atoms with Crippen molar-refractivity contribution in [1.82, 2.24) is 9.62 Å². The van der Waals surface area contributed by atoms with Crippen LogP contribution in [-0.4, -0.2) is 39.4 Å². The van der Waals surface area contributed by atoms with Crippen LogP contribution in [0.4, 0.5) is 0 Å². The minimum absolute atomic E-state index is 0.119. The summed E-state index contributed by atoms with van der Waals surface area (Å²) in [7, 11) is -2.20. The number of hydrogen-bond acceptors (Lipinski definition) is 3. The van der Waals surface area contributed by atoms with E-state index in [9.17, 15) is 13.2 Å². The zero-order valence-corrected chi connectivity index (χ0v) is 14.9. The molecule has 0 aliphatic heterocycles. The predicted octanol–water partition coefficient (Wildman–Crippen LogP) is 2.47. The number of sulfonamides is 1. The summed E-state index contributed by atoms with van der Waals surface area (Å²) in [4.78, 5) is 14.5. The van der Waals surface area contributed by atoms with Crippen molar-refractivity contribution in [2.45, 2.75) is 45.4 Å². The third kappa shape index (κ3) is 4.08. The number of benzene rings is 1. The molecule has 1 amide bonds. The highest BCUT2D eigenvalue weighted by Gasteiger charge is 2.21. The molecule has 0 fully saturated rings. The van der Waals surface area contributed by atoms with E-state index in [4.69, 9.17) is 0 Å². The summed E-state index contributed by atoms with van der Waals surface area (Å²) >= 11 is 0. The van der Waals surface area contributed by atoms with Crippen LogP contribution in [0.3, 0.4) is 0 Å². The number of rotatable bonds is 7. The van der Waals surface area contributed by atoms with Crippen LogP contribution in [-0.2, 0) is 10.0 Å². The van der Waals surface area contributed by atoms with Gasteiger partial charge in [-0.3, -0.25) is 4.79 Å². The number of nitrogens with zero attached hydrogens (tertiary/aromatic N) is 1. The van der Waals surface area contributed by atoms with Gasteiger partial charge in [-0.25, -0.2) is 13.1 Å². The lowest BCUT2D eigenvalue weighted by Gasteiger charge is -2.22. The van der Waals surface area contributed by atoms with Crippen LogP contribution < -0.4 is 4.72 Å². The SMILES string of the molecule is CCCCN(CC)C(=O)c1cc(C)c(C)c(S(=O)(=O)NC)c1. The zero-order chi connectivity index (χ0) is 16.9. The summed E-state index contributed by atoms with van der Waals surface area (Å²) in [6, 6.07) is 3.24. The Bertz CT molecular complexity index is 639. The van der Waals surface area contributed by atoms with Crippen molar-refractivity contribution in [3.8, 4) is 0 Å². The molecule has 1 aromatic rings. The molecular weight excluding hydrogens is 300 g/mol. The molecule has 0 aliphatic rings. The molecule has 0 heterocycles. The molecule has 22 heavy (non-hydrogen) atoms. The van der Waals surface area contributed by atoms with Gasteiger partial charge < -0.3 is 4.90 Å². The molecular formula is C16H26N2O3S. The molecule has 0 unspecified atom stereocenters. The summed E-state index contributed by atoms with van der Waals surface area (Å²) in [6.07, 6.45) is 1.95. The molecule has 0 spiro atoms. The van der Waals surface area contributed by atoms with Gasteiger partial charge in [-0.2, -0.15) is 0 Å². The van der Waals surface area contributed by atoms with Crippen LogP contribution in [0.2, 0.25) is 0 Å². The molecule has 0 bridgehead atoms. The first-order valence-corrected chi connectivity index (χ1v) is 9.10. The molecule has 0 aromatic heterocycles. The molecule has 124 valence electrons. The Balaban J connectivity index is 3.29. The third-order valence-corrected chi connectivity index (χ3v) is 5.42. The number of nitrogens with one attached hydrogen (secondary N) is 1. The molecule has 1 aromatic carbocycles. The lowest BCUT2D eigenvalue weighted by Crippen LogP contribution is -2.32. The third-order valence-electron chi connectivity index (χ3n) is 3.88. The maximum Gasteiger partial charge on any atom is 0.253 e. The van der Waals surface area contributed by atoms with E-state index < -0.39 is 10.0 Å². The fourth-order valence-electron chi connectivity index (χ4n) is 2.27. The molecule has 0 saturated carbocycles. The number of carbonyl (C=O) groups excluding carboxylic acids is 1. The van der Waals surface area contributed by atoms with Gasteiger partial charge in [0.15, 0.2) is 0 Å². The number of amides is 1. The summed E-state index contributed by atoms with van der Waals surface area (Å²) in [5.74, 6) is -0.119. The summed E-state index contributed by atoms with van der Waals surface area (Å²) < 4.78 is 26.6. The minimum Gasteiger partial charge on any atom is -0.339 e. The standard InChI is InChI=1S/C16H26N2O3S/c1-6-8-9-18(7-2)16(19)14-10-12(3)13(4)15(11-14)22(20,21)17-5/h10-11,17H,6-9H2,1-5H3. The van der Waals surface area contributed by atoms with Gasteiger partial charge in [-0.1, -0.05) is 13.3 Å². The second-order valence-corrected chi connectivity index (χ2v) is 7.22. The first-order chi connectivity index (χ1) is 10.3. The molecule has 0 atom stereocenters. The Morgan fingerprint density at radius 1 is 1.23 bits per heavy atom. The van der Waals surface area contributed by atoms with Crippen molar-refractivity contribution >= 4 is 15.9 Å². The Kier molecular flexibility index (Phi) is 6.56. The highest BCUT2D eigenvalue weighted by molar-refractivity contribution is 7.89. The predicted molar refractivity (Wildman–Crippen MR) is 88.6 cm³/mol. The lowest BCUT2D eigenvalue weighted by atomic mass is 10.1. The van der Waals surface area contributed by atoms with Crippen LogP contribution in [0, 0.1) is 13.8 Å². The molecule has 0 aliphatic carbocycles. The van der Waals surface area contributed by atoms with Gasteiger partial charge in [0, 0.05) is 18.7 Å². The fourth-order valence-corrected chi connectivity index (χ4v) is 3.34. The zero-order valence-electron chi connectivity index (χ0n) is 14.1. The summed E-state index contributed by atoms with van der Waals surface area (Å²) in [5.41, 5.74) is 1.89. The van der Waals surface area contributed by atoms with Crippen molar-refractivity contribution < 1.29 is 13.2 Å². The highest BCUT2D eigenvalue weighted by atomic mass is 32.2. The van der Waals surface area contributed by atoms with Crippen LogP contribution in [0.15, 0.2) is 17.0 Å². The number of hydrogen-bond donors (Lipinski definition) is 1. The minimum atomic E-state index is -3.58. The molecule has 6 heteroatoms. The molecule has 0 saturated heterocycles. The van der Waals surface area contributed by atoms with Crippen molar-refractivity contribution in [1.29, 1.82) is 0 Å². The molecule has 1 rings (SSSR count). The fraction of sp³-hybridized carbons (Fsp3) is 0.562. The van der Waals surface area contributed by atoms with Crippen molar-refractivity contribution in [3.05, 3.63) is 28.8 Å². The van der Waals surface area contributed by atoms with E-state index in [-0.39, 0.29) is 10.8 Å². The van der Waals surface area contributed by atoms with Crippen molar-refractivity contribution in [2.75, 3.05) is 20.1 Å². The van der Waals surface area contributed by atoms with Crippen LogP contribution in [0.1, 0.15) is 48.2 Å². The molecule has 0 radical (unpaired) electrons. The van der Waals surface area contributed by atoms with Crippen molar-refractivity contribution in [2.24, 2.45) is 0 Å². The largest absolute Gasteiger partial charge is 0.339 e. The van der Waals surface area contributed by atoms with Gasteiger partial charge in [0.2, 0.25) is 10.0 Å². The second kappa shape index (κ2) is 7.74. The highest BCUT2D eigenvalue weighted by Crippen LogP contribution is 2.22. The Labute approximate surface area is 133 Å². The van der Waals surface area contributed by atoms with Gasteiger partial charge in [0.1, 0.15) is 0 Å². The van der Waals surface area contributed by atoms with E-state index in [1.807, 2.05) is 13.8 Å². The second-order valence-electron chi connectivity index (χ2n) is 5.36. The Morgan fingerprint density at radius 3 is 2.36 bits per heavy atom. The first-order valence-electron chi connectivity index (χ1n) is 7.62. The van der Waals surface area contributed by atoms with E-state index >= 15 is 0 Å². The van der Waals surface area contributed by atoms with Crippen LogP contribution in [0.25, 0.3) is 0 Å². The number of aryl methyl sites for hydroxylation is 1. The number of unbranched alkanes of at least 4 members (excludes halogenated alkanes) is 1. The van der Waals surface area contributed by atoms with Gasteiger partial charge in [-0.05, 0) is 57.5 Å². The van der Waals surface area contributed by atoms with Crippen molar-refractivity contribution in [3.63, 3.8) is 0 Å². The van der Waals surface area contributed by atoms with E-state index in [1.165, 1.54) is 13.1 Å². The average Bonchev–Trinajstić information content (AvgIpc) is 2.50. The van der Waals surface area contributed by atoms with E-state index in [1.54, 1.807) is 17.9 Å². The van der Waals surface area contributed by atoms with Gasteiger partial charge >= 0.3 is 0 Å².